The van der Waals surface area contributed by atoms with E-state index in [1.54, 1.807) is 0 Å². The number of piperazine rings is 2. The number of fused-ring (bicyclic) bond motifs is 2. The van der Waals surface area contributed by atoms with E-state index in [2.05, 4.69) is 36.9 Å². The van der Waals surface area contributed by atoms with Crippen LogP contribution in [0.1, 0.15) is 29.5 Å². The molecule has 2 atom stereocenters. The molecule has 0 aromatic heterocycles. The molecule has 3 saturated heterocycles. The fraction of sp³-hybridized carbons (Fsp3) is 0.579. The van der Waals surface area contributed by atoms with Gasteiger partial charge in [-0.1, -0.05) is 23.8 Å². The summed E-state index contributed by atoms with van der Waals surface area (Å²) in [6.45, 7) is 8.01. The molecular formula is C19H25N3O2. The molecular weight excluding hydrogens is 302 g/mol. The van der Waals surface area contributed by atoms with Crippen LogP contribution in [0.4, 0.5) is 0 Å². The summed E-state index contributed by atoms with van der Waals surface area (Å²) in [5.74, 6) is 0.325. The van der Waals surface area contributed by atoms with Crippen LogP contribution in [0.25, 0.3) is 0 Å². The van der Waals surface area contributed by atoms with Crippen molar-refractivity contribution in [3.63, 3.8) is 0 Å². The number of benzene rings is 1. The Balaban J connectivity index is 1.51. The van der Waals surface area contributed by atoms with Gasteiger partial charge < -0.3 is 9.80 Å². The van der Waals surface area contributed by atoms with Crippen LogP contribution in [0.5, 0.6) is 0 Å². The third kappa shape index (κ3) is 2.51. The zero-order valence-corrected chi connectivity index (χ0v) is 14.5. The first-order valence-corrected chi connectivity index (χ1v) is 8.94. The molecule has 0 saturated carbocycles. The Bertz CT molecular complexity index is 687. The topological polar surface area (TPSA) is 43.9 Å². The molecule has 3 heterocycles. The third-order valence-corrected chi connectivity index (χ3v) is 5.75. The Hall–Kier alpha value is -1.88. The van der Waals surface area contributed by atoms with Gasteiger partial charge in [-0.25, -0.2) is 0 Å². The van der Waals surface area contributed by atoms with Crippen molar-refractivity contribution in [3.05, 3.63) is 34.9 Å². The normalized spacial score (nSPS) is 27.4. The zero-order valence-electron chi connectivity index (χ0n) is 14.5. The molecule has 0 unspecified atom stereocenters. The lowest BCUT2D eigenvalue weighted by molar-refractivity contribution is -0.163. The fourth-order valence-corrected chi connectivity index (χ4v) is 4.34. The van der Waals surface area contributed by atoms with Crippen LogP contribution in [0.2, 0.25) is 0 Å². The molecule has 0 bridgehead atoms. The molecule has 128 valence electrons. The predicted octanol–water partition coefficient (Wildman–Crippen LogP) is 1.32. The quantitative estimate of drug-likeness (QED) is 0.823. The first-order chi connectivity index (χ1) is 11.5. The minimum absolute atomic E-state index is 0.155. The highest BCUT2D eigenvalue weighted by molar-refractivity contribution is 5.97. The number of nitrogens with zero attached hydrogens (tertiary/aromatic N) is 3. The van der Waals surface area contributed by atoms with Crippen LogP contribution < -0.4 is 0 Å². The van der Waals surface area contributed by atoms with E-state index < -0.39 is 0 Å². The molecule has 0 spiro atoms. The van der Waals surface area contributed by atoms with Gasteiger partial charge in [-0.2, -0.15) is 0 Å². The second-order valence-corrected chi connectivity index (χ2v) is 7.40. The van der Waals surface area contributed by atoms with Crippen LogP contribution in [0.3, 0.4) is 0 Å². The minimum atomic E-state index is -0.286. The number of hydrogen-bond acceptors (Lipinski definition) is 3. The minimum Gasteiger partial charge on any atom is -0.329 e. The molecule has 2 amide bonds. The summed E-state index contributed by atoms with van der Waals surface area (Å²) >= 11 is 0. The average molecular weight is 327 g/mol. The maximum atomic E-state index is 12.8. The van der Waals surface area contributed by atoms with Crippen molar-refractivity contribution in [3.8, 4) is 0 Å². The van der Waals surface area contributed by atoms with Crippen molar-refractivity contribution in [1.29, 1.82) is 0 Å². The number of rotatable bonds is 2. The van der Waals surface area contributed by atoms with E-state index in [1.165, 1.54) is 16.7 Å². The van der Waals surface area contributed by atoms with Crippen LogP contribution in [0.15, 0.2) is 18.2 Å². The van der Waals surface area contributed by atoms with E-state index >= 15 is 0 Å². The van der Waals surface area contributed by atoms with Gasteiger partial charge in [0.2, 0.25) is 11.8 Å². The van der Waals surface area contributed by atoms with Crippen LogP contribution in [-0.2, 0) is 16.1 Å². The van der Waals surface area contributed by atoms with E-state index in [-0.39, 0.29) is 23.9 Å². The summed E-state index contributed by atoms with van der Waals surface area (Å²) in [4.78, 5) is 31.5. The summed E-state index contributed by atoms with van der Waals surface area (Å²) < 4.78 is 0. The molecule has 3 fully saturated rings. The van der Waals surface area contributed by atoms with Crippen LogP contribution in [-0.4, -0.2) is 64.8 Å². The second kappa shape index (κ2) is 5.88. The highest BCUT2D eigenvalue weighted by Gasteiger charge is 2.49. The molecule has 5 nitrogen and oxygen atoms in total. The number of carbonyl (C=O) groups excluding carboxylic acids is 2. The number of hydrogen-bond donors (Lipinski definition) is 0. The maximum Gasteiger partial charge on any atom is 0.247 e. The fourth-order valence-electron chi connectivity index (χ4n) is 4.34. The number of carbonyl (C=O) groups is 2. The lowest BCUT2D eigenvalue weighted by Gasteiger charge is -2.47. The Labute approximate surface area is 143 Å². The zero-order chi connectivity index (χ0) is 16.8. The smallest absolute Gasteiger partial charge is 0.247 e. The van der Waals surface area contributed by atoms with Crippen molar-refractivity contribution < 1.29 is 9.59 Å². The number of amides is 2. The van der Waals surface area contributed by atoms with Crippen LogP contribution >= 0.6 is 0 Å². The molecule has 3 aliphatic rings. The van der Waals surface area contributed by atoms with E-state index in [9.17, 15) is 9.59 Å². The molecule has 24 heavy (non-hydrogen) atoms. The van der Waals surface area contributed by atoms with E-state index in [1.807, 2.05) is 9.80 Å². The first-order valence-electron chi connectivity index (χ1n) is 8.94. The summed E-state index contributed by atoms with van der Waals surface area (Å²) in [5, 5.41) is 0. The average Bonchev–Trinajstić information content (AvgIpc) is 3.06. The van der Waals surface area contributed by atoms with Gasteiger partial charge in [0.05, 0.1) is 0 Å². The monoisotopic (exact) mass is 327 g/mol. The Morgan fingerprint density at radius 2 is 1.75 bits per heavy atom. The van der Waals surface area contributed by atoms with Crippen molar-refractivity contribution in [2.45, 2.75) is 45.3 Å². The predicted molar refractivity (Wildman–Crippen MR) is 91.4 cm³/mol. The SMILES string of the molecule is Cc1ccc(C)c(CN2CCN3C(=O)[C@@H]4CCCN4C(=O)[C@H]3C2)c1. The Morgan fingerprint density at radius 1 is 1.00 bits per heavy atom. The highest BCUT2D eigenvalue weighted by Crippen LogP contribution is 2.29. The summed E-state index contributed by atoms with van der Waals surface area (Å²) in [6, 6.07) is 6.05. The summed E-state index contributed by atoms with van der Waals surface area (Å²) in [6.07, 6.45) is 1.79. The third-order valence-electron chi connectivity index (χ3n) is 5.75. The molecule has 1 aromatic rings. The van der Waals surface area contributed by atoms with Gasteiger partial charge in [0.25, 0.3) is 0 Å². The lowest BCUT2D eigenvalue weighted by Crippen LogP contribution is -2.68. The van der Waals surface area contributed by atoms with Crippen molar-refractivity contribution in [1.82, 2.24) is 14.7 Å². The highest BCUT2D eigenvalue weighted by atomic mass is 16.2. The molecule has 5 heteroatoms. The first kappa shape index (κ1) is 15.6. The van der Waals surface area contributed by atoms with Gasteiger partial charge >= 0.3 is 0 Å². The Kier molecular flexibility index (Phi) is 3.83. The van der Waals surface area contributed by atoms with Crippen LogP contribution in [0, 0.1) is 13.8 Å². The molecule has 4 rings (SSSR count). The van der Waals surface area contributed by atoms with Crippen molar-refractivity contribution >= 4 is 11.8 Å². The largest absolute Gasteiger partial charge is 0.329 e. The van der Waals surface area contributed by atoms with Crippen molar-refractivity contribution in [2.24, 2.45) is 0 Å². The van der Waals surface area contributed by atoms with Gasteiger partial charge in [-0.05, 0) is 37.8 Å². The standard InChI is InChI=1S/C19H25N3O2/c1-13-5-6-14(2)15(10-13)11-20-8-9-22-17(12-20)19(24)21-7-3-4-16(21)18(22)23/h5-6,10,16-17H,3-4,7-9,11-12H2,1-2H3/t16-,17+/m0/s1. The van der Waals surface area contributed by atoms with E-state index in [0.717, 1.165) is 32.5 Å². The molecule has 0 aliphatic carbocycles. The molecule has 0 radical (unpaired) electrons. The van der Waals surface area contributed by atoms with Crippen molar-refractivity contribution in [2.75, 3.05) is 26.2 Å². The number of aryl methyl sites for hydroxylation is 2. The summed E-state index contributed by atoms with van der Waals surface area (Å²) in [7, 11) is 0. The van der Waals surface area contributed by atoms with Gasteiger partial charge in [0.15, 0.2) is 0 Å². The van der Waals surface area contributed by atoms with Gasteiger partial charge in [-0.3, -0.25) is 14.5 Å². The van der Waals surface area contributed by atoms with Gasteiger partial charge in [0.1, 0.15) is 12.1 Å². The maximum absolute atomic E-state index is 12.8. The Morgan fingerprint density at radius 3 is 2.58 bits per heavy atom. The summed E-state index contributed by atoms with van der Waals surface area (Å²) in [5.41, 5.74) is 3.86. The van der Waals surface area contributed by atoms with Gasteiger partial charge in [-0.15, -0.1) is 0 Å². The van der Waals surface area contributed by atoms with E-state index in [4.69, 9.17) is 0 Å². The molecule has 3 aliphatic heterocycles. The second-order valence-electron chi connectivity index (χ2n) is 7.40. The van der Waals surface area contributed by atoms with E-state index in [0.29, 0.717) is 13.1 Å². The molecule has 0 N–H and O–H groups in total. The molecule has 1 aromatic carbocycles. The lowest BCUT2D eigenvalue weighted by atomic mass is 10.0. The van der Waals surface area contributed by atoms with Gasteiger partial charge in [0, 0.05) is 32.7 Å².